The summed E-state index contributed by atoms with van der Waals surface area (Å²) in [5.41, 5.74) is 1.10. The summed E-state index contributed by atoms with van der Waals surface area (Å²) in [6.45, 7) is 7.75. The van der Waals surface area contributed by atoms with E-state index in [1.54, 1.807) is 29.2 Å². The largest absolute Gasteiger partial charge is 0.480 e. The number of nitrogens with zero attached hydrogens (tertiary/aromatic N) is 2. The van der Waals surface area contributed by atoms with Gasteiger partial charge in [-0.05, 0) is 51.4 Å². The number of benzene rings is 1. The van der Waals surface area contributed by atoms with Crippen LogP contribution in [0.3, 0.4) is 0 Å². The first-order valence-corrected chi connectivity index (χ1v) is 9.80. The van der Waals surface area contributed by atoms with Crippen LogP contribution in [-0.2, 0) is 4.79 Å². The fourth-order valence-corrected chi connectivity index (χ4v) is 3.45. The fraction of sp³-hybridized carbons (Fsp3) is 0.550. The average molecular weight is 390 g/mol. The second-order valence-electron chi connectivity index (χ2n) is 6.94. The predicted molar refractivity (Wildman–Crippen MR) is 108 cm³/mol. The Morgan fingerprint density at radius 1 is 1.11 bits per heavy atom. The van der Waals surface area contributed by atoms with Gasteiger partial charge in [0, 0.05) is 36.4 Å². The summed E-state index contributed by atoms with van der Waals surface area (Å²) in [5, 5.41) is 14.6. The molecule has 3 N–H and O–H groups in total. The second kappa shape index (κ2) is 10.1. The molecule has 3 amide bonds. The number of nitrogens with one attached hydrogen (secondary N) is 2. The molecule has 154 valence electrons. The summed E-state index contributed by atoms with van der Waals surface area (Å²) in [6, 6.07) is 6.79. The second-order valence-corrected chi connectivity index (χ2v) is 6.94. The molecule has 8 heteroatoms. The Labute approximate surface area is 165 Å². The molecular formula is C20H30N4O4. The molecule has 1 aromatic rings. The highest BCUT2D eigenvalue weighted by atomic mass is 16.4. The van der Waals surface area contributed by atoms with Crippen molar-refractivity contribution in [3.8, 4) is 0 Å². The van der Waals surface area contributed by atoms with E-state index in [0.717, 1.165) is 12.8 Å². The van der Waals surface area contributed by atoms with E-state index < -0.39 is 5.97 Å². The van der Waals surface area contributed by atoms with Crippen LogP contribution in [0.4, 0.5) is 10.5 Å². The van der Waals surface area contributed by atoms with Gasteiger partial charge in [-0.1, -0.05) is 13.0 Å². The quantitative estimate of drug-likeness (QED) is 0.600. The summed E-state index contributed by atoms with van der Waals surface area (Å²) in [6.07, 6.45) is 1.46. The number of hydrogen-bond acceptors (Lipinski definition) is 4. The first-order valence-electron chi connectivity index (χ1n) is 9.80. The molecule has 0 heterocycles. The molecule has 0 aromatic heterocycles. The zero-order valence-corrected chi connectivity index (χ0v) is 16.8. The van der Waals surface area contributed by atoms with Gasteiger partial charge in [0.1, 0.15) is 0 Å². The SMILES string of the molecule is CCN(CC)C(=O)c1cccc(NC(=O)NC2CC(N(CC)CC(=O)O)C2)c1. The van der Waals surface area contributed by atoms with Crippen molar-refractivity contribution in [2.75, 3.05) is 31.5 Å². The molecule has 2 rings (SSSR count). The van der Waals surface area contributed by atoms with Gasteiger partial charge in [-0.15, -0.1) is 0 Å². The highest BCUT2D eigenvalue weighted by Gasteiger charge is 2.34. The Hall–Kier alpha value is -2.61. The molecule has 0 bridgehead atoms. The molecule has 8 nitrogen and oxygen atoms in total. The predicted octanol–water partition coefficient (Wildman–Crippen LogP) is 2.23. The molecular weight excluding hydrogens is 360 g/mol. The minimum atomic E-state index is -0.838. The normalized spacial score (nSPS) is 18.3. The Morgan fingerprint density at radius 3 is 2.36 bits per heavy atom. The van der Waals surface area contributed by atoms with Crippen molar-refractivity contribution in [2.45, 2.75) is 45.7 Å². The lowest BCUT2D eigenvalue weighted by Gasteiger charge is -2.42. The number of carbonyl (C=O) groups is 3. The number of carbonyl (C=O) groups excluding carboxylic acids is 2. The summed E-state index contributed by atoms with van der Waals surface area (Å²) in [5.74, 6) is -0.899. The highest BCUT2D eigenvalue weighted by molar-refractivity contribution is 5.97. The third-order valence-corrected chi connectivity index (χ3v) is 5.13. The standard InChI is InChI=1S/C20H30N4O4/c1-4-23(5-2)19(27)14-8-7-9-15(10-14)21-20(28)22-16-11-17(12-16)24(6-3)13-18(25)26/h7-10,16-17H,4-6,11-13H2,1-3H3,(H,25,26)(H2,21,22,28). The lowest BCUT2D eigenvalue weighted by molar-refractivity contribution is -0.139. The number of urea groups is 1. The van der Waals surface area contributed by atoms with Gasteiger partial charge in [0.25, 0.3) is 5.91 Å². The first-order chi connectivity index (χ1) is 13.4. The van der Waals surface area contributed by atoms with E-state index in [-0.39, 0.29) is 30.6 Å². The van der Waals surface area contributed by atoms with Crippen LogP contribution in [-0.4, -0.2) is 71.1 Å². The molecule has 0 saturated heterocycles. The molecule has 1 aliphatic rings. The van der Waals surface area contributed by atoms with Crippen LogP contribution in [0.1, 0.15) is 44.0 Å². The van der Waals surface area contributed by atoms with Crippen molar-refractivity contribution in [1.82, 2.24) is 15.1 Å². The van der Waals surface area contributed by atoms with Crippen LogP contribution in [0, 0.1) is 0 Å². The van der Waals surface area contributed by atoms with Crippen LogP contribution in [0.25, 0.3) is 0 Å². The zero-order valence-electron chi connectivity index (χ0n) is 16.8. The molecule has 0 unspecified atom stereocenters. The number of anilines is 1. The van der Waals surface area contributed by atoms with Gasteiger partial charge in [0.05, 0.1) is 6.54 Å². The molecule has 1 saturated carbocycles. The number of aliphatic carboxylic acids is 1. The fourth-order valence-electron chi connectivity index (χ4n) is 3.45. The number of hydrogen-bond donors (Lipinski definition) is 3. The van der Waals surface area contributed by atoms with Gasteiger partial charge in [0.15, 0.2) is 0 Å². The molecule has 0 atom stereocenters. The van der Waals surface area contributed by atoms with Crippen LogP contribution >= 0.6 is 0 Å². The zero-order chi connectivity index (χ0) is 20.7. The van der Waals surface area contributed by atoms with Gasteiger partial charge in [-0.2, -0.15) is 0 Å². The van der Waals surface area contributed by atoms with Gasteiger partial charge < -0.3 is 20.6 Å². The maximum absolute atomic E-state index is 12.4. The van der Waals surface area contributed by atoms with E-state index in [4.69, 9.17) is 5.11 Å². The topological polar surface area (TPSA) is 102 Å². The third kappa shape index (κ3) is 5.69. The Bertz CT molecular complexity index is 699. The van der Waals surface area contributed by atoms with E-state index in [1.807, 2.05) is 25.7 Å². The molecule has 0 spiro atoms. The summed E-state index contributed by atoms with van der Waals surface area (Å²) in [4.78, 5) is 39.2. The van der Waals surface area contributed by atoms with E-state index in [9.17, 15) is 14.4 Å². The van der Waals surface area contributed by atoms with Gasteiger partial charge in [-0.3, -0.25) is 14.5 Å². The maximum atomic E-state index is 12.4. The minimum absolute atomic E-state index is 0.0213. The van der Waals surface area contributed by atoms with Crippen molar-refractivity contribution in [2.24, 2.45) is 0 Å². The van der Waals surface area contributed by atoms with E-state index >= 15 is 0 Å². The van der Waals surface area contributed by atoms with Crippen LogP contribution in [0.5, 0.6) is 0 Å². The van der Waals surface area contributed by atoms with Gasteiger partial charge in [0.2, 0.25) is 0 Å². The Balaban J connectivity index is 1.85. The average Bonchev–Trinajstić information content (AvgIpc) is 2.63. The van der Waals surface area contributed by atoms with Crippen molar-refractivity contribution >= 4 is 23.6 Å². The number of rotatable bonds is 9. The molecule has 0 aliphatic heterocycles. The molecule has 1 aliphatic carbocycles. The molecule has 0 radical (unpaired) electrons. The molecule has 1 fully saturated rings. The van der Waals surface area contributed by atoms with E-state index in [1.165, 1.54) is 0 Å². The van der Waals surface area contributed by atoms with Crippen molar-refractivity contribution < 1.29 is 19.5 Å². The first kappa shape index (κ1) is 21.7. The number of carboxylic acids is 1. The Kier molecular flexibility index (Phi) is 7.80. The summed E-state index contributed by atoms with van der Waals surface area (Å²) in [7, 11) is 0. The number of carboxylic acid groups (broad SMARTS) is 1. The lowest BCUT2D eigenvalue weighted by atomic mass is 9.85. The van der Waals surface area contributed by atoms with Crippen LogP contribution < -0.4 is 10.6 Å². The molecule has 28 heavy (non-hydrogen) atoms. The van der Waals surface area contributed by atoms with Gasteiger partial charge >= 0.3 is 12.0 Å². The third-order valence-electron chi connectivity index (χ3n) is 5.13. The highest BCUT2D eigenvalue weighted by Crippen LogP contribution is 2.25. The summed E-state index contributed by atoms with van der Waals surface area (Å²) >= 11 is 0. The maximum Gasteiger partial charge on any atom is 0.319 e. The Morgan fingerprint density at radius 2 is 1.79 bits per heavy atom. The van der Waals surface area contributed by atoms with Gasteiger partial charge in [-0.25, -0.2) is 4.79 Å². The minimum Gasteiger partial charge on any atom is -0.480 e. The summed E-state index contributed by atoms with van der Waals surface area (Å²) < 4.78 is 0. The van der Waals surface area contributed by atoms with Crippen LogP contribution in [0.2, 0.25) is 0 Å². The van der Waals surface area contributed by atoms with E-state index in [2.05, 4.69) is 10.6 Å². The lowest BCUT2D eigenvalue weighted by Crippen LogP contribution is -2.55. The smallest absolute Gasteiger partial charge is 0.319 e. The van der Waals surface area contributed by atoms with Crippen LogP contribution in [0.15, 0.2) is 24.3 Å². The van der Waals surface area contributed by atoms with Crippen molar-refractivity contribution in [3.63, 3.8) is 0 Å². The monoisotopic (exact) mass is 390 g/mol. The van der Waals surface area contributed by atoms with Crippen molar-refractivity contribution in [1.29, 1.82) is 0 Å². The number of likely N-dealkylation sites (N-methyl/N-ethyl adjacent to an activating group) is 1. The van der Waals surface area contributed by atoms with Crippen molar-refractivity contribution in [3.05, 3.63) is 29.8 Å². The molecule has 1 aromatic carbocycles. The van der Waals surface area contributed by atoms with E-state index in [0.29, 0.717) is 30.9 Å². The number of amides is 3.